The summed E-state index contributed by atoms with van der Waals surface area (Å²) in [6, 6.07) is 4.03. The minimum Gasteiger partial charge on any atom is -0.378 e. The van der Waals surface area contributed by atoms with Gasteiger partial charge in [0.15, 0.2) is 0 Å². The van der Waals surface area contributed by atoms with Crippen LogP contribution in [0.25, 0.3) is 5.00 Å². The van der Waals surface area contributed by atoms with Crippen molar-refractivity contribution in [2.75, 3.05) is 26.3 Å². The number of nitrogens with zero attached hydrogens (tertiary/aromatic N) is 2. The Hall–Kier alpha value is -1.59. The smallest absolute Gasteiger partial charge is 0.257 e. The summed E-state index contributed by atoms with van der Waals surface area (Å²) in [5.41, 5.74) is 2.24. The summed E-state index contributed by atoms with van der Waals surface area (Å²) in [6.45, 7) is 2.71. The fourth-order valence-corrected chi connectivity index (χ4v) is 4.70. The van der Waals surface area contributed by atoms with Crippen LogP contribution in [0.15, 0.2) is 24.5 Å². The molecule has 1 fully saturated rings. The molecule has 1 saturated heterocycles. The number of thiophene rings is 1. The van der Waals surface area contributed by atoms with E-state index in [-0.39, 0.29) is 5.91 Å². The van der Waals surface area contributed by atoms with Gasteiger partial charge >= 0.3 is 0 Å². The molecule has 0 saturated carbocycles. The van der Waals surface area contributed by atoms with Gasteiger partial charge in [-0.25, -0.2) is 0 Å². The number of carbonyl (C=O) groups excluding carboxylic acids is 1. The van der Waals surface area contributed by atoms with Gasteiger partial charge < -0.3 is 14.2 Å². The number of morpholine rings is 1. The molecule has 3 heterocycles. The Morgan fingerprint density at radius 1 is 1.09 bits per heavy atom. The molecule has 0 N–H and O–H groups in total. The van der Waals surface area contributed by atoms with Crippen molar-refractivity contribution in [3.63, 3.8) is 0 Å². The number of carbonyl (C=O) groups is 1. The quantitative estimate of drug-likeness (QED) is 0.854. The summed E-state index contributed by atoms with van der Waals surface area (Å²) in [6.07, 6.45) is 8.66. The summed E-state index contributed by atoms with van der Waals surface area (Å²) in [5, 5.41) is 1.09. The minimum absolute atomic E-state index is 0.186. The maximum atomic E-state index is 13.1. The number of aryl methyl sites for hydroxylation is 1. The first-order valence-electron chi connectivity index (χ1n) is 7.99. The fraction of sp³-hybridized carbons (Fsp3) is 0.471. The molecule has 116 valence electrons. The van der Waals surface area contributed by atoms with Crippen molar-refractivity contribution in [2.24, 2.45) is 0 Å². The van der Waals surface area contributed by atoms with Crippen LogP contribution in [0.2, 0.25) is 0 Å². The summed E-state index contributed by atoms with van der Waals surface area (Å²) < 4.78 is 7.48. The Morgan fingerprint density at radius 2 is 1.82 bits per heavy atom. The zero-order valence-electron chi connectivity index (χ0n) is 12.6. The number of hydrogen-bond acceptors (Lipinski definition) is 3. The topological polar surface area (TPSA) is 34.5 Å². The van der Waals surface area contributed by atoms with Crippen molar-refractivity contribution in [2.45, 2.75) is 25.7 Å². The van der Waals surface area contributed by atoms with Gasteiger partial charge in [0.05, 0.1) is 18.8 Å². The second-order valence-electron chi connectivity index (χ2n) is 5.89. The predicted octanol–water partition coefficient (Wildman–Crippen LogP) is 2.89. The van der Waals surface area contributed by atoms with Gasteiger partial charge in [0, 0.05) is 30.4 Å². The van der Waals surface area contributed by atoms with E-state index in [1.165, 1.54) is 23.3 Å². The van der Waals surface area contributed by atoms with E-state index in [9.17, 15) is 4.79 Å². The van der Waals surface area contributed by atoms with Crippen molar-refractivity contribution >= 4 is 17.2 Å². The minimum atomic E-state index is 0.186. The van der Waals surface area contributed by atoms with E-state index in [1.54, 1.807) is 11.3 Å². The molecule has 1 aliphatic carbocycles. The first-order chi connectivity index (χ1) is 10.8. The first-order valence-corrected chi connectivity index (χ1v) is 8.81. The van der Waals surface area contributed by atoms with Gasteiger partial charge in [-0.1, -0.05) is 0 Å². The van der Waals surface area contributed by atoms with Gasteiger partial charge in [-0.2, -0.15) is 0 Å². The third-order valence-corrected chi connectivity index (χ3v) is 5.81. The number of amides is 1. The van der Waals surface area contributed by atoms with Crippen LogP contribution in [0.3, 0.4) is 0 Å². The zero-order valence-corrected chi connectivity index (χ0v) is 13.4. The van der Waals surface area contributed by atoms with Crippen molar-refractivity contribution in [3.05, 3.63) is 40.5 Å². The molecule has 4 rings (SSSR count). The Bertz CT molecular complexity index is 669. The summed E-state index contributed by atoms with van der Waals surface area (Å²) in [4.78, 5) is 16.5. The molecule has 4 nitrogen and oxygen atoms in total. The second kappa shape index (κ2) is 5.89. The lowest BCUT2D eigenvalue weighted by Gasteiger charge is -2.27. The summed E-state index contributed by atoms with van der Waals surface area (Å²) in [5.74, 6) is 0.186. The fourth-order valence-electron chi connectivity index (χ4n) is 3.35. The first kappa shape index (κ1) is 14.0. The van der Waals surface area contributed by atoms with Crippen LogP contribution in [0, 0.1) is 0 Å². The van der Waals surface area contributed by atoms with Crippen molar-refractivity contribution in [1.82, 2.24) is 9.47 Å². The molecule has 0 spiro atoms. The third-order valence-electron chi connectivity index (χ3n) is 4.50. The predicted molar refractivity (Wildman–Crippen MR) is 87.0 cm³/mol. The van der Waals surface area contributed by atoms with E-state index in [4.69, 9.17) is 4.74 Å². The van der Waals surface area contributed by atoms with E-state index in [0.29, 0.717) is 26.3 Å². The van der Waals surface area contributed by atoms with Gasteiger partial charge in [-0.15, -0.1) is 11.3 Å². The van der Waals surface area contributed by atoms with Crippen LogP contribution in [-0.4, -0.2) is 41.7 Å². The number of ether oxygens (including phenoxy) is 1. The third kappa shape index (κ3) is 2.38. The highest BCUT2D eigenvalue weighted by Crippen LogP contribution is 2.37. The monoisotopic (exact) mass is 316 g/mol. The molecule has 0 unspecified atom stereocenters. The average molecular weight is 316 g/mol. The molecule has 2 aliphatic rings. The normalized spacial score (nSPS) is 18.3. The molecule has 0 atom stereocenters. The molecule has 1 amide bonds. The van der Waals surface area contributed by atoms with Crippen LogP contribution in [0.4, 0.5) is 0 Å². The SMILES string of the molecule is O=C(c1c(-n2cccc2)sc2c1CCCC2)N1CCOCC1. The van der Waals surface area contributed by atoms with Crippen LogP contribution >= 0.6 is 11.3 Å². The molecule has 0 bridgehead atoms. The molecular formula is C17H20N2O2S. The lowest BCUT2D eigenvalue weighted by molar-refractivity contribution is 0.0302. The van der Waals surface area contributed by atoms with Gasteiger partial charge in [-0.05, 0) is 43.4 Å². The standard InChI is InChI=1S/C17H20N2O2S/c20-16(18-9-11-21-12-10-18)15-13-5-1-2-6-14(13)22-17(15)19-7-3-4-8-19/h3-4,7-8H,1-2,5-6,9-12H2. The second-order valence-corrected chi connectivity index (χ2v) is 6.97. The van der Waals surface area contributed by atoms with Crippen LogP contribution in [0.1, 0.15) is 33.6 Å². The van der Waals surface area contributed by atoms with Crippen LogP contribution in [0.5, 0.6) is 0 Å². The maximum Gasteiger partial charge on any atom is 0.257 e. The van der Waals surface area contributed by atoms with Gasteiger partial charge in [-0.3, -0.25) is 4.79 Å². The lowest BCUT2D eigenvalue weighted by Crippen LogP contribution is -2.41. The van der Waals surface area contributed by atoms with E-state index >= 15 is 0 Å². The van der Waals surface area contributed by atoms with Gasteiger partial charge in [0.1, 0.15) is 5.00 Å². The van der Waals surface area contributed by atoms with Gasteiger partial charge in [0.25, 0.3) is 5.91 Å². The van der Waals surface area contributed by atoms with E-state index in [2.05, 4.69) is 4.57 Å². The summed E-state index contributed by atoms with van der Waals surface area (Å²) in [7, 11) is 0. The molecule has 22 heavy (non-hydrogen) atoms. The van der Waals surface area contributed by atoms with Gasteiger partial charge in [0.2, 0.25) is 0 Å². The molecule has 0 radical (unpaired) electrons. The molecule has 1 aliphatic heterocycles. The van der Waals surface area contributed by atoms with Crippen LogP contribution < -0.4 is 0 Å². The number of rotatable bonds is 2. The largest absolute Gasteiger partial charge is 0.378 e. The highest BCUT2D eigenvalue weighted by atomic mass is 32.1. The molecule has 2 aromatic heterocycles. The molecule has 5 heteroatoms. The van der Waals surface area contributed by atoms with E-state index in [1.807, 2.05) is 29.4 Å². The highest BCUT2D eigenvalue weighted by Gasteiger charge is 2.29. The molecular weight excluding hydrogens is 296 g/mol. The van der Waals surface area contributed by atoms with Crippen LogP contribution in [-0.2, 0) is 17.6 Å². The van der Waals surface area contributed by atoms with E-state index < -0.39 is 0 Å². The van der Waals surface area contributed by atoms with Crippen molar-refractivity contribution < 1.29 is 9.53 Å². The van der Waals surface area contributed by atoms with Crippen molar-refractivity contribution in [3.8, 4) is 5.00 Å². The molecule has 2 aromatic rings. The Kier molecular flexibility index (Phi) is 3.76. The maximum absolute atomic E-state index is 13.1. The Balaban J connectivity index is 1.78. The highest BCUT2D eigenvalue weighted by molar-refractivity contribution is 7.15. The van der Waals surface area contributed by atoms with Crippen molar-refractivity contribution in [1.29, 1.82) is 0 Å². The number of hydrogen-bond donors (Lipinski definition) is 0. The zero-order chi connectivity index (χ0) is 14.9. The number of fused-ring (bicyclic) bond motifs is 1. The number of aromatic nitrogens is 1. The Labute approximate surface area is 134 Å². The average Bonchev–Trinajstić information content (AvgIpc) is 3.22. The molecule has 0 aromatic carbocycles. The van der Waals surface area contributed by atoms with E-state index in [0.717, 1.165) is 23.4 Å². The summed E-state index contributed by atoms with van der Waals surface area (Å²) >= 11 is 1.80. The Morgan fingerprint density at radius 3 is 2.59 bits per heavy atom. The lowest BCUT2D eigenvalue weighted by atomic mass is 9.95.